The molecule has 0 aliphatic rings. The highest BCUT2D eigenvalue weighted by molar-refractivity contribution is 9.10. The van der Waals surface area contributed by atoms with Crippen molar-refractivity contribution < 1.29 is 4.79 Å². The van der Waals surface area contributed by atoms with Gasteiger partial charge < -0.3 is 10.3 Å². The van der Waals surface area contributed by atoms with E-state index in [1.54, 1.807) is 0 Å². The summed E-state index contributed by atoms with van der Waals surface area (Å²) in [4.78, 5) is 19.8. The number of aromatic nitrogens is 4. The first-order chi connectivity index (χ1) is 12.7. The van der Waals surface area contributed by atoms with Gasteiger partial charge in [-0.05, 0) is 34.1 Å². The zero-order chi connectivity index (χ0) is 17.9. The third-order valence-electron chi connectivity index (χ3n) is 3.81. The first-order valence-electron chi connectivity index (χ1n) is 7.99. The maximum Gasteiger partial charge on any atom is 0.225 e. The van der Waals surface area contributed by atoms with Crippen molar-refractivity contribution in [2.24, 2.45) is 0 Å². The maximum absolute atomic E-state index is 12.1. The molecule has 26 heavy (non-hydrogen) atoms. The van der Waals surface area contributed by atoms with Crippen molar-refractivity contribution in [3.63, 3.8) is 0 Å². The molecule has 2 aromatic carbocycles. The largest absolute Gasteiger partial charge is 0.338 e. The number of carbonyl (C=O) groups is 1. The minimum Gasteiger partial charge on any atom is -0.338 e. The number of thioether (sulfide) groups is 1. The van der Waals surface area contributed by atoms with Gasteiger partial charge in [-0.25, -0.2) is 4.98 Å². The number of halogens is 1. The second-order valence-corrected chi connectivity index (χ2v) is 7.51. The van der Waals surface area contributed by atoms with Gasteiger partial charge in [0.2, 0.25) is 11.1 Å². The van der Waals surface area contributed by atoms with Gasteiger partial charge >= 0.3 is 0 Å². The molecule has 1 amide bonds. The van der Waals surface area contributed by atoms with Crippen LogP contribution in [-0.2, 0) is 4.79 Å². The SMILES string of the molecule is O=C(CCSc1nnc2c(n1)[nH]c1ccccc12)Nc1ccccc1Br. The molecule has 0 radical (unpaired) electrons. The lowest BCUT2D eigenvalue weighted by molar-refractivity contribution is -0.115. The number of hydrogen-bond donors (Lipinski definition) is 2. The van der Waals surface area contributed by atoms with Crippen LogP contribution >= 0.6 is 27.7 Å². The summed E-state index contributed by atoms with van der Waals surface area (Å²) in [5, 5.41) is 12.9. The smallest absolute Gasteiger partial charge is 0.225 e. The fourth-order valence-corrected chi connectivity index (χ4v) is 3.69. The van der Waals surface area contributed by atoms with Gasteiger partial charge in [0.15, 0.2) is 5.65 Å². The van der Waals surface area contributed by atoms with E-state index in [0.29, 0.717) is 23.0 Å². The molecule has 0 saturated heterocycles. The number of hydrogen-bond acceptors (Lipinski definition) is 5. The van der Waals surface area contributed by atoms with E-state index >= 15 is 0 Å². The lowest BCUT2D eigenvalue weighted by Crippen LogP contribution is -2.12. The molecule has 0 spiro atoms. The molecular weight excluding hydrogens is 414 g/mol. The highest BCUT2D eigenvalue weighted by atomic mass is 79.9. The average Bonchev–Trinajstić information content (AvgIpc) is 3.01. The standard InChI is InChI=1S/C18H14BrN5OS/c19-12-6-2-4-8-14(12)20-15(25)9-10-26-18-22-17-16(23-24-18)11-5-1-3-7-13(11)21-17/h1-8H,9-10H2,(H,20,25)(H,21,22,24). The minimum absolute atomic E-state index is 0.0518. The third-order valence-corrected chi connectivity index (χ3v) is 5.34. The summed E-state index contributed by atoms with van der Waals surface area (Å²) < 4.78 is 0.859. The molecule has 0 unspecified atom stereocenters. The Morgan fingerprint density at radius 3 is 2.81 bits per heavy atom. The zero-order valence-electron chi connectivity index (χ0n) is 13.6. The second-order valence-electron chi connectivity index (χ2n) is 5.59. The molecule has 2 heterocycles. The molecule has 2 N–H and O–H groups in total. The van der Waals surface area contributed by atoms with Gasteiger partial charge in [0.05, 0.1) is 5.69 Å². The van der Waals surface area contributed by atoms with E-state index in [4.69, 9.17) is 0 Å². The van der Waals surface area contributed by atoms with Crippen LogP contribution in [0.25, 0.3) is 22.1 Å². The summed E-state index contributed by atoms with van der Waals surface area (Å²) in [6, 6.07) is 15.4. The third kappa shape index (κ3) is 3.56. The van der Waals surface area contributed by atoms with Crippen molar-refractivity contribution >= 4 is 61.4 Å². The predicted octanol–water partition coefficient (Wildman–Crippen LogP) is 4.39. The Morgan fingerprint density at radius 2 is 1.92 bits per heavy atom. The van der Waals surface area contributed by atoms with Gasteiger partial charge in [0, 0.05) is 27.5 Å². The molecule has 4 aromatic rings. The van der Waals surface area contributed by atoms with Crippen molar-refractivity contribution in [2.75, 3.05) is 11.1 Å². The first kappa shape index (κ1) is 17.0. The van der Waals surface area contributed by atoms with Crippen LogP contribution in [0.4, 0.5) is 5.69 Å². The number of anilines is 1. The molecule has 2 aromatic heterocycles. The van der Waals surface area contributed by atoms with Crippen LogP contribution in [0.3, 0.4) is 0 Å². The Kier molecular flexibility index (Phi) is 4.85. The molecule has 0 atom stereocenters. The van der Waals surface area contributed by atoms with Crippen LogP contribution in [0.15, 0.2) is 58.2 Å². The number of benzene rings is 2. The van der Waals surface area contributed by atoms with Crippen LogP contribution in [0.1, 0.15) is 6.42 Å². The molecule has 0 bridgehead atoms. The molecule has 0 aliphatic heterocycles. The van der Waals surface area contributed by atoms with Gasteiger partial charge in [-0.1, -0.05) is 42.1 Å². The summed E-state index contributed by atoms with van der Waals surface area (Å²) in [7, 11) is 0. The predicted molar refractivity (Wildman–Crippen MR) is 107 cm³/mol. The van der Waals surface area contributed by atoms with Gasteiger partial charge in [-0.15, -0.1) is 10.2 Å². The summed E-state index contributed by atoms with van der Waals surface area (Å²) in [6.45, 7) is 0. The van der Waals surface area contributed by atoms with E-state index in [0.717, 1.165) is 26.6 Å². The molecule has 130 valence electrons. The highest BCUT2D eigenvalue weighted by Gasteiger charge is 2.10. The van der Waals surface area contributed by atoms with Crippen molar-refractivity contribution in [1.29, 1.82) is 0 Å². The van der Waals surface area contributed by atoms with Gasteiger partial charge in [0.25, 0.3) is 0 Å². The number of amides is 1. The van der Waals surface area contributed by atoms with Gasteiger partial charge in [-0.3, -0.25) is 4.79 Å². The fraction of sp³-hybridized carbons (Fsp3) is 0.111. The van der Waals surface area contributed by atoms with E-state index < -0.39 is 0 Å². The van der Waals surface area contributed by atoms with Gasteiger partial charge in [-0.2, -0.15) is 0 Å². The summed E-state index contributed by atoms with van der Waals surface area (Å²) in [5.74, 6) is 0.521. The van der Waals surface area contributed by atoms with Gasteiger partial charge in [0.1, 0.15) is 5.52 Å². The Hall–Kier alpha value is -2.45. The monoisotopic (exact) mass is 427 g/mol. The van der Waals surface area contributed by atoms with Crippen molar-refractivity contribution in [3.8, 4) is 0 Å². The number of fused-ring (bicyclic) bond motifs is 3. The first-order valence-corrected chi connectivity index (χ1v) is 9.77. The number of nitrogens with zero attached hydrogens (tertiary/aromatic N) is 3. The lowest BCUT2D eigenvalue weighted by atomic mass is 10.2. The lowest BCUT2D eigenvalue weighted by Gasteiger charge is -2.06. The number of para-hydroxylation sites is 2. The highest BCUT2D eigenvalue weighted by Crippen LogP contribution is 2.24. The summed E-state index contributed by atoms with van der Waals surface area (Å²) >= 11 is 4.83. The summed E-state index contributed by atoms with van der Waals surface area (Å²) in [6.07, 6.45) is 0.361. The Morgan fingerprint density at radius 1 is 1.12 bits per heavy atom. The Balaban J connectivity index is 1.39. The van der Waals surface area contributed by atoms with Crippen molar-refractivity contribution in [3.05, 3.63) is 53.0 Å². The molecule has 4 rings (SSSR count). The number of H-pyrrole nitrogens is 1. The maximum atomic E-state index is 12.1. The number of rotatable bonds is 5. The normalized spacial score (nSPS) is 11.1. The van der Waals surface area contributed by atoms with E-state index in [2.05, 4.69) is 41.4 Å². The summed E-state index contributed by atoms with van der Waals surface area (Å²) in [5.41, 5.74) is 3.22. The fourth-order valence-electron chi connectivity index (χ4n) is 2.58. The van der Waals surface area contributed by atoms with Crippen LogP contribution < -0.4 is 5.32 Å². The number of aromatic amines is 1. The molecule has 0 fully saturated rings. The minimum atomic E-state index is -0.0518. The van der Waals surface area contributed by atoms with Crippen LogP contribution in [0.5, 0.6) is 0 Å². The molecule has 0 saturated carbocycles. The molecule has 8 heteroatoms. The van der Waals surface area contributed by atoms with E-state index in [-0.39, 0.29) is 5.91 Å². The zero-order valence-corrected chi connectivity index (χ0v) is 16.0. The van der Waals surface area contributed by atoms with Crippen molar-refractivity contribution in [2.45, 2.75) is 11.6 Å². The van der Waals surface area contributed by atoms with Crippen LogP contribution in [-0.4, -0.2) is 31.8 Å². The molecule has 0 aliphatic carbocycles. The van der Waals surface area contributed by atoms with Crippen molar-refractivity contribution in [1.82, 2.24) is 20.2 Å². The van der Waals surface area contributed by atoms with E-state index in [1.807, 2.05) is 48.5 Å². The topological polar surface area (TPSA) is 83.6 Å². The Bertz CT molecular complexity index is 1100. The number of nitrogens with one attached hydrogen (secondary N) is 2. The quantitative estimate of drug-likeness (QED) is 0.461. The number of carbonyl (C=O) groups excluding carboxylic acids is 1. The second kappa shape index (κ2) is 7.43. The average molecular weight is 428 g/mol. The van der Waals surface area contributed by atoms with Crippen LogP contribution in [0.2, 0.25) is 0 Å². The van der Waals surface area contributed by atoms with E-state index in [1.165, 1.54) is 11.8 Å². The van der Waals surface area contributed by atoms with E-state index in [9.17, 15) is 4.79 Å². The molecule has 6 nitrogen and oxygen atoms in total. The Labute approximate surface area is 161 Å². The molecular formula is C18H14BrN5OS. The van der Waals surface area contributed by atoms with Crippen LogP contribution in [0, 0.1) is 0 Å².